The van der Waals surface area contributed by atoms with Crippen molar-refractivity contribution in [2.75, 3.05) is 6.54 Å². The minimum atomic E-state index is -5.08. The molecule has 0 aromatic heterocycles. The topological polar surface area (TPSA) is 94.9 Å². The van der Waals surface area contributed by atoms with Crippen LogP contribution in [0.3, 0.4) is 0 Å². The molecule has 2 aliphatic carbocycles. The minimum Gasteiger partial charge on any atom is -0.475 e. The molecule has 2 saturated carbocycles. The second kappa shape index (κ2) is 8.80. The Balaban J connectivity index is 0.000000345. The molecular formula is C19H28F3NO5. The van der Waals surface area contributed by atoms with Crippen molar-refractivity contribution < 1.29 is 37.8 Å². The number of aliphatic carboxylic acids is 1. The standard InChI is InChI=1S/C17H27NO3.C2HF3O2/c1-12(19)15(14(20)8-7-13-5-4-6-13)18-11-17(16(18)21)9-2-3-10-17;3-2(4,5)1(6)7/h12-13,15,19H,2-11H2,1H3;(H,6,7)/t12-,15+;/m1./s1. The number of β-lactam (4-membered cyclic amide) rings is 1. The van der Waals surface area contributed by atoms with E-state index in [4.69, 9.17) is 9.90 Å². The largest absolute Gasteiger partial charge is 0.490 e. The highest BCUT2D eigenvalue weighted by molar-refractivity contribution is 5.95. The lowest BCUT2D eigenvalue weighted by Crippen LogP contribution is -2.67. The van der Waals surface area contributed by atoms with E-state index in [0.29, 0.717) is 18.9 Å². The van der Waals surface area contributed by atoms with Gasteiger partial charge in [-0.25, -0.2) is 4.79 Å². The van der Waals surface area contributed by atoms with Crippen LogP contribution in [0.2, 0.25) is 0 Å². The number of aliphatic hydroxyl groups is 1. The minimum absolute atomic E-state index is 0.0538. The van der Waals surface area contributed by atoms with Crippen LogP contribution in [0.25, 0.3) is 0 Å². The summed E-state index contributed by atoms with van der Waals surface area (Å²) >= 11 is 0. The summed E-state index contributed by atoms with van der Waals surface area (Å²) in [5, 5.41) is 17.1. The molecule has 0 aromatic rings. The third-order valence-electron chi connectivity index (χ3n) is 6.14. The first kappa shape index (κ1) is 22.6. The number of hydrogen-bond donors (Lipinski definition) is 2. The van der Waals surface area contributed by atoms with Crippen molar-refractivity contribution in [1.82, 2.24) is 4.90 Å². The first-order valence-corrected chi connectivity index (χ1v) is 9.80. The van der Waals surface area contributed by atoms with Crippen molar-refractivity contribution in [3.05, 3.63) is 0 Å². The number of Topliss-reactive ketones (excluding diaryl/α,β-unsaturated/α-hetero) is 1. The Morgan fingerprint density at radius 3 is 2.11 bits per heavy atom. The molecule has 28 heavy (non-hydrogen) atoms. The van der Waals surface area contributed by atoms with Crippen LogP contribution >= 0.6 is 0 Å². The molecule has 3 aliphatic rings. The van der Waals surface area contributed by atoms with Crippen LogP contribution < -0.4 is 0 Å². The summed E-state index contributed by atoms with van der Waals surface area (Å²) in [6.45, 7) is 2.31. The number of nitrogens with zero attached hydrogens (tertiary/aromatic N) is 1. The Labute approximate surface area is 162 Å². The SMILES string of the molecule is C[C@@H](O)[C@@H](C(=O)CCC1CCC1)N1CC2(CCCC2)C1=O.O=C(O)C(F)(F)F. The first-order chi connectivity index (χ1) is 13.0. The van der Waals surface area contributed by atoms with Crippen LogP contribution in [0.15, 0.2) is 0 Å². The molecule has 160 valence electrons. The number of carboxylic acid groups (broad SMARTS) is 1. The van der Waals surface area contributed by atoms with E-state index < -0.39 is 24.3 Å². The summed E-state index contributed by atoms with van der Waals surface area (Å²) in [5.74, 6) is -1.90. The summed E-state index contributed by atoms with van der Waals surface area (Å²) in [7, 11) is 0. The van der Waals surface area contributed by atoms with Gasteiger partial charge in [0.15, 0.2) is 5.78 Å². The lowest BCUT2D eigenvalue weighted by molar-refractivity contribution is -0.192. The van der Waals surface area contributed by atoms with Gasteiger partial charge in [0, 0.05) is 13.0 Å². The number of carbonyl (C=O) groups is 3. The quantitative estimate of drug-likeness (QED) is 0.660. The van der Waals surface area contributed by atoms with Gasteiger partial charge in [-0.15, -0.1) is 0 Å². The molecule has 3 rings (SSSR count). The molecule has 2 N–H and O–H groups in total. The van der Waals surface area contributed by atoms with Gasteiger partial charge in [-0.05, 0) is 32.1 Å². The van der Waals surface area contributed by atoms with E-state index in [1.54, 1.807) is 11.8 Å². The maximum absolute atomic E-state index is 12.5. The molecule has 3 fully saturated rings. The number of likely N-dealkylation sites (tertiary alicyclic amines) is 1. The van der Waals surface area contributed by atoms with E-state index in [-0.39, 0.29) is 17.1 Å². The third kappa shape index (κ3) is 5.04. The van der Waals surface area contributed by atoms with Crippen molar-refractivity contribution in [3.63, 3.8) is 0 Å². The Morgan fingerprint density at radius 1 is 1.21 bits per heavy atom. The van der Waals surface area contributed by atoms with Crippen molar-refractivity contribution in [2.24, 2.45) is 11.3 Å². The maximum Gasteiger partial charge on any atom is 0.490 e. The van der Waals surface area contributed by atoms with Gasteiger partial charge >= 0.3 is 12.1 Å². The third-order valence-corrected chi connectivity index (χ3v) is 6.14. The number of aliphatic hydroxyl groups excluding tert-OH is 1. The lowest BCUT2D eigenvalue weighted by Gasteiger charge is -2.50. The zero-order valence-corrected chi connectivity index (χ0v) is 16.0. The number of alkyl halides is 3. The number of carboxylic acids is 1. The predicted molar refractivity (Wildman–Crippen MR) is 93.4 cm³/mol. The maximum atomic E-state index is 12.5. The van der Waals surface area contributed by atoms with Crippen LogP contribution in [0.1, 0.15) is 64.7 Å². The monoisotopic (exact) mass is 407 g/mol. The van der Waals surface area contributed by atoms with E-state index in [1.165, 1.54) is 19.3 Å². The zero-order valence-electron chi connectivity index (χ0n) is 16.0. The fourth-order valence-electron chi connectivity index (χ4n) is 4.31. The lowest BCUT2D eigenvalue weighted by atomic mass is 9.75. The summed E-state index contributed by atoms with van der Waals surface area (Å²) < 4.78 is 31.7. The van der Waals surface area contributed by atoms with Crippen molar-refractivity contribution in [2.45, 2.75) is 83.0 Å². The van der Waals surface area contributed by atoms with Crippen LogP contribution in [0.4, 0.5) is 13.2 Å². The van der Waals surface area contributed by atoms with E-state index >= 15 is 0 Å². The van der Waals surface area contributed by atoms with Gasteiger partial charge in [-0.3, -0.25) is 9.59 Å². The van der Waals surface area contributed by atoms with Gasteiger partial charge in [0.05, 0.1) is 11.5 Å². The van der Waals surface area contributed by atoms with Crippen LogP contribution in [-0.4, -0.2) is 57.6 Å². The Morgan fingerprint density at radius 2 is 1.75 bits per heavy atom. The van der Waals surface area contributed by atoms with Gasteiger partial charge in [-0.1, -0.05) is 32.1 Å². The molecule has 9 heteroatoms. The van der Waals surface area contributed by atoms with Crippen molar-refractivity contribution in [3.8, 4) is 0 Å². The number of hydrogen-bond acceptors (Lipinski definition) is 4. The Kier molecular flexibility index (Phi) is 7.12. The highest BCUT2D eigenvalue weighted by Crippen LogP contribution is 2.47. The zero-order chi connectivity index (χ0) is 21.1. The van der Waals surface area contributed by atoms with Gasteiger partial charge in [-0.2, -0.15) is 13.2 Å². The Bertz CT molecular complexity index is 595. The number of carbonyl (C=O) groups excluding carboxylic acids is 2. The van der Waals surface area contributed by atoms with Crippen LogP contribution in [-0.2, 0) is 14.4 Å². The second-order valence-electron chi connectivity index (χ2n) is 8.21. The highest BCUT2D eigenvalue weighted by Gasteiger charge is 2.56. The van der Waals surface area contributed by atoms with Crippen LogP contribution in [0, 0.1) is 11.3 Å². The fourth-order valence-corrected chi connectivity index (χ4v) is 4.31. The van der Waals surface area contributed by atoms with Gasteiger partial charge in [0.1, 0.15) is 6.04 Å². The molecule has 1 heterocycles. The molecule has 6 nitrogen and oxygen atoms in total. The normalized spacial score (nSPS) is 23.3. The average Bonchev–Trinajstić information content (AvgIpc) is 3.04. The molecule has 1 amide bonds. The smallest absolute Gasteiger partial charge is 0.475 e. The van der Waals surface area contributed by atoms with E-state index in [2.05, 4.69) is 0 Å². The fraction of sp³-hybridized carbons (Fsp3) is 0.842. The molecule has 1 saturated heterocycles. The van der Waals surface area contributed by atoms with Gasteiger partial charge in [0.2, 0.25) is 5.91 Å². The molecule has 0 radical (unpaired) electrons. The number of amides is 1. The highest BCUT2D eigenvalue weighted by atomic mass is 19.4. The number of halogens is 3. The summed E-state index contributed by atoms with van der Waals surface area (Å²) in [4.78, 5) is 35.5. The van der Waals surface area contributed by atoms with E-state index in [9.17, 15) is 27.9 Å². The van der Waals surface area contributed by atoms with E-state index in [1.807, 2.05) is 0 Å². The average molecular weight is 407 g/mol. The molecule has 1 spiro atoms. The van der Waals surface area contributed by atoms with Crippen molar-refractivity contribution >= 4 is 17.7 Å². The molecule has 2 atom stereocenters. The van der Waals surface area contributed by atoms with Crippen molar-refractivity contribution in [1.29, 1.82) is 0 Å². The first-order valence-electron chi connectivity index (χ1n) is 9.80. The summed E-state index contributed by atoms with van der Waals surface area (Å²) in [6.07, 6.45) is 3.51. The number of rotatable bonds is 6. The Hall–Kier alpha value is -1.64. The van der Waals surface area contributed by atoms with E-state index in [0.717, 1.165) is 32.1 Å². The number of ketones is 1. The second-order valence-corrected chi connectivity index (χ2v) is 8.21. The summed E-state index contributed by atoms with van der Waals surface area (Å²) in [5.41, 5.74) is -0.179. The summed E-state index contributed by atoms with van der Waals surface area (Å²) in [6, 6.07) is -0.608. The molecule has 1 aliphatic heterocycles. The molecule has 0 bridgehead atoms. The van der Waals surface area contributed by atoms with Gasteiger partial charge < -0.3 is 15.1 Å². The van der Waals surface area contributed by atoms with Crippen LogP contribution in [0.5, 0.6) is 0 Å². The van der Waals surface area contributed by atoms with Gasteiger partial charge in [0.25, 0.3) is 0 Å². The predicted octanol–water partition coefficient (Wildman–Crippen LogP) is 2.92. The molecule has 0 aromatic carbocycles. The molecular weight excluding hydrogens is 379 g/mol. The molecule has 0 unspecified atom stereocenters.